The van der Waals surface area contributed by atoms with Gasteiger partial charge in [0.05, 0.1) is 16.1 Å². The highest BCUT2D eigenvalue weighted by atomic mass is 32.1. The average Bonchev–Trinajstić information content (AvgIpc) is 2.69. The lowest BCUT2D eigenvalue weighted by Crippen LogP contribution is -1.97. The van der Waals surface area contributed by atoms with E-state index < -0.39 is 0 Å². The topological polar surface area (TPSA) is 48.1 Å². The Morgan fingerprint density at radius 2 is 2.33 bits per heavy atom. The van der Waals surface area contributed by atoms with Gasteiger partial charge in [-0.3, -0.25) is 4.98 Å². The third-order valence-corrected chi connectivity index (χ3v) is 2.58. The van der Waals surface area contributed by atoms with Crippen molar-refractivity contribution < 1.29 is 9.13 Å². The number of hydrogen-bond donors (Lipinski definition) is 1. The van der Waals surface area contributed by atoms with E-state index in [1.165, 1.54) is 29.5 Å². The number of nitrogen functional groups attached to an aromatic ring is 1. The Morgan fingerprint density at radius 3 is 3.00 bits per heavy atom. The highest BCUT2D eigenvalue weighted by molar-refractivity contribution is 7.09. The first kappa shape index (κ1) is 9.92. The quantitative estimate of drug-likeness (QED) is 0.814. The molecule has 0 atom stereocenters. The number of rotatable bonds is 3. The summed E-state index contributed by atoms with van der Waals surface area (Å²) in [6.07, 6.45) is 1.73. The first-order chi connectivity index (χ1) is 7.25. The molecule has 78 valence electrons. The van der Waals surface area contributed by atoms with Crippen LogP contribution >= 0.6 is 11.3 Å². The summed E-state index contributed by atoms with van der Waals surface area (Å²) in [5.74, 6) is 0.127. The third-order valence-electron chi connectivity index (χ3n) is 1.83. The largest absolute Gasteiger partial charge is 0.486 e. The third kappa shape index (κ3) is 2.44. The maximum Gasteiger partial charge on any atom is 0.142 e. The Kier molecular flexibility index (Phi) is 2.82. The van der Waals surface area contributed by atoms with Gasteiger partial charge in [-0.25, -0.2) is 4.39 Å². The summed E-state index contributed by atoms with van der Waals surface area (Å²) in [5, 5.41) is 0. The van der Waals surface area contributed by atoms with Crippen molar-refractivity contribution in [3.63, 3.8) is 0 Å². The normalized spacial score (nSPS) is 10.2. The van der Waals surface area contributed by atoms with Crippen molar-refractivity contribution in [1.82, 2.24) is 4.98 Å². The minimum atomic E-state index is -0.363. The van der Waals surface area contributed by atoms with E-state index in [1.54, 1.807) is 11.7 Å². The molecule has 2 N–H and O–H groups in total. The fraction of sp³-hybridized carbons (Fsp3) is 0.100. The Morgan fingerprint density at radius 1 is 1.47 bits per heavy atom. The fourth-order valence-corrected chi connectivity index (χ4v) is 1.62. The lowest BCUT2D eigenvalue weighted by atomic mass is 10.3. The number of aromatic nitrogens is 1. The molecule has 2 aromatic rings. The SMILES string of the molecule is Nc1cc(F)ccc1OCc1cncs1. The van der Waals surface area contributed by atoms with E-state index in [9.17, 15) is 4.39 Å². The molecule has 0 aliphatic rings. The van der Waals surface area contributed by atoms with Crippen LogP contribution in [0.5, 0.6) is 5.75 Å². The second kappa shape index (κ2) is 4.27. The Labute approximate surface area is 90.3 Å². The smallest absolute Gasteiger partial charge is 0.142 e. The predicted octanol–water partition coefficient (Wildman–Crippen LogP) is 2.44. The molecular weight excluding hydrogens is 215 g/mol. The number of nitrogens with two attached hydrogens (primary N) is 1. The molecule has 0 aliphatic heterocycles. The van der Waals surface area contributed by atoms with Crippen LogP contribution < -0.4 is 10.5 Å². The Bertz CT molecular complexity index is 445. The molecule has 0 fully saturated rings. The van der Waals surface area contributed by atoms with Crippen LogP contribution in [0.3, 0.4) is 0 Å². The summed E-state index contributed by atoms with van der Waals surface area (Å²) < 4.78 is 18.1. The van der Waals surface area contributed by atoms with Gasteiger partial charge in [0.2, 0.25) is 0 Å². The molecule has 0 radical (unpaired) electrons. The number of nitrogens with zero attached hydrogens (tertiary/aromatic N) is 1. The van der Waals surface area contributed by atoms with Gasteiger partial charge in [0, 0.05) is 12.3 Å². The van der Waals surface area contributed by atoms with Crippen molar-refractivity contribution in [3.8, 4) is 5.75 Å². The van der Waals surface area contributed by atoms with Gasteiger partial charge in [0.15, 0.2) is 0 Å². The van der Waals surface area contributed by atoms with Crippen LogP contribution in [-0.2, 0) is 6.61 Å². The average molecular weight is 224 g/mol. The first-order valence-corrected chi connectivity index (χ1v) is 5.19. The molecule has 0 saturated heterocycles. The number of thiazole rings is 1. The molecular formula is C10H9FN2OS. The van der Waals surface area contributed by atoms with E-state index in [-0.39, 0.29) is 5.82 Å². The van der Waals surface area contributed by atoms with Crippen molar-refractivity contribution in [3.05, 3.63) is 40.6 Å². The van der Waals surface area contributed by atoms with E-state index in [0.29, 0.717) is 18.0 Å². The van der Waals surface area contributed by atoms with Gasteiger partial charge in [0.1, 0.15) is 18.2 Å². The number of hydrogen-bond acceptors (Lipinski definition) is 4. The summed E-state index contributed by atoms with van der Waals surface area (Å²) in [6, 6.07) is 4.08. The minimum absolute atomic E-state index is 0.305. The number of ether oxygens (including phenoxy) is 1. The lowest BCUT2D eigenvalue weighted by molar-refractivity contribution is 0.311. The molecule has 2 rings (SSSR count). The van der Waals surface area contributed by atoms with Crippen molar-refractivity contribution in [2.24, 2.45) is 0 Å². The molecule has 1 aromatic carbocycles. The van der Waals surface area contributed by atoms with Crippen molar-refractivity contribution >= 4 is 17.0 Å². The van der Waals surface area contributed by atoms with E-state index in [1.807, 2.05) is 0 Å². The van der Waals surface area contributed by atoms with Gasteiger partial charge in [-0.2, -0.15) is 0 Å². The molecule has 3 nitrogen and oxygen atoms in total. The second-order valence-corrected chi connectivity index (χ2v) is 3.91. The lowest BCUT2D eigenvalue weighted by Gasteiger charge is -2.06. The molecule has 0 amide bonds. The van der Waals surface area contributed by atoms with E-state index in [4.69, 9.17) is 10.5 Å². The second-order valence-electron chi connectivity index (χ2n) is 2.94. The Balaban J connectivity index is 2.05. The minimum Gasteiger partial charge on any atom is -0.486 e. The number of anilines is 1. The van der Waals surface area contributed by atoms with Gasteiger partial charge in [0.25, 0.3) is 0 Å². The van der Waals surface area contributed by atoms with E-state index >= 15 is 0 Å². The predicted molar refractivity (Wildman–Crippen MR) is 57.3 cm³/mol. The van der Waals surface area contributed by atoms with Crippen LogP contribution in [0.2, 0.25) is 0 Å². The van der Waals surface area contributed by atoms with Gasteiger partial charge >= 0.3 is 0 Å². The van der Waals surface area contributed by atoms with Crippen LogP contribution in [-0.4, -0.2) is 4.98 Å². The van der Waals surface area contributed by atoms with Crippen LogP contribution in [0.15, 0.2) is 29.9 Å². The van der Waals surface area contributed by atoms with E-state index in [0.717, 1.165) is 4.88 Å². The maximum absolute atomic E-state index is 12.7. The molecule has 0 aliphatic carbocycles. The van der Waals surface area contributed by atoms with Crippen LogP contribution in [0.1, 0.15) is 4.88 Å². The monoisotopic (exact) mass is 224 g/mol. The molecule has 0 bridgehead atoms. The summed E-state index contributed by atoms with van der Waals surface area (Å²) >= 11 is 1.50. The standard InChI is InChI=1S/C10H9FN2OS/c11-7-1-2-10(9(12)3-7)14-5-8-4-13-6-15-8/h1-4,6H,5,12H2. The molecule has 1 aromatic heterocycles. The Hall–Kier alpha value is -1.62. The first-order valence-electron chi connectivity index (χ1n) is 4.31. The van der Waals surface area contributed by atoms with Gasteiger partial charge in [-0.1, -0.05) is 0 Å². The summed E-state index contributed by atoms with van der Waals surface area (Å²) in [6.45, 7) is 0.403. The zero-order chi connectivity index (χ0) is 10.7. The van der Waals surface area contributed by atoms with Gasteiger partial charge in [-0.05, 0) is 12.1 Å². The maximum atomic E-state index is 12.7. The number of benzene rings is 1. The zero-order valence-electron chi connectivity index (χ0n) is 7.81. The molecule has 0 saturated carbocycles. The highest BCUT2D eigenvalue weighted by Gasteiger charge is 2.02. The summed E-state index contributed by atoms with van der Waals surface area (Å²) in [5.41, 5.74) is 7.62. The molecule has 0 spiro atoms. The van der Waals surface area contributed by atoms with Crippen LogP contribution in [0, 0.1) is 5.82 Å². The highest BCUT2D eigenvalue weighted by Crippen LogP contribution is 2.23. The van der Waals surface area contributed by atoms with Crippen molar-refractivity contribution in [2.75, 3.05) is 5.73 Å². The molecule has 15 heavy (non-hydrogen) atoms. The van der Waals surface area contributed by atoms with Crippen LogP contribution in [0.25, 0.3) is 0 Å². The molecule has 5 heteroatoms. The van der Waals surface area contributed by atoms with Gasteiger partial charge < -0.3 is 10.5 Å². The van der Waals surface area contributed by atoms with Crippen LogP contribution in [0.4, 0.5) is 10.1 Å². The summed E-state index contributed by atoms with van der Waals surface area (Å²) in [7, 11) is 0. The number of halogens is 1. The molecule has 1 heterocycles. The zero-order valence-corrected chi connectivity index (χ0v) is 8.63. The van der Waals surface area contributed by atoms with Gasteiger partial charge in [-0.15, -0.1) is 11.3 Å². The van der Waals surface area contributed by atoms with E-state index in [2.05, 4.69) is 4.98 Å². The molecule has 0 unspecified atom stereocenters. The summed E-state index contributed by atoms with van der Waals surface area (Å²) in [4.78, 5) is 4.92. The van der Waals surface area contributed by atoms with Crippen molar-refractivity contribution in [2.45, 2.75) is 6.61 Å². The van der Waals surface area contributed by atoms with Crippen molar-refractivity contribution in [1.29, 1.82) is 0 Å². The fourth-order valence-electron chi connectivity index (χ4n) is 1.11.